The van der Waals surface area contributed by atoms with Crippen LogP contribution in [0.3, 0.4) is 0 Å². The fourth-order valence-electron chi connectivity index (χ4n) is 6.36. The monoisotopic (exact) mass is 442 g/mol. The smallest absolute Gasteiger partial charge is 0.182 e. The number of carbonyl (C=O) groups is 3. The summed E-state index contributed by atoms with van der Waals surface area (Å²) in [6.45, 7) is 0.290. The average molecular weight is 443 g/mol. The molecular formula is C28H26O5. The van der Waals surface area contributed by atoms with E-state index in [9.17, 15) is 14.4 Å². The van der Waals surface area contributed by atoms with Crippen LogP contribution in [0.2, 0.25) is 0 Å². The first-order valence-corrected chi connectivity index (χ1v) is 11.9. The zero-order valence-corrected chi connectivity index (χ0v) is 18.4. The number of ether oxygens (including phenoxy) is 2. The normalized spacial score (nSPS) is 27.8. The first-order chi connectivity index (χ1) is 16.1. The van der Waals surface area contributed by atoms with Crippen molar-refractivity contribution < 1.29 is 23.9 Å². The van der Waals surface area contributed by atoms with E-state index in [2.05, 4.69) is 0 Å². The van der Waals surface area contributed by atoms with Gasteiger partial charge in [0.25, 0.3) is 0 Å². The second-order valence-corrected chi connectivity index (χ2v) is 9.65. The molecule has 2 aromatic carbocycles. The summed E-state index contributed by atoms with van der Waals surface area (Å²) in [6, 6.07) is 16.3. The molecule has 1 heterocycles. The number of hydrogen-bond donors (Lipinski definition) is 0. The topological polar surface area (TPSA) is 69.7 Å². The summed E-state index contributed by atoms with van der Waals surface area (Å²) in [5.74, 6) is -1.82. The van der Waals surface area contributed by atoms with Gasteiger partial charge in [0.15, 0.2) is 23.1 Å². The number of fused-ring (bicyclic) bond motifs is 1. The largest absolute Gasteiger partial charge is 0.347 e. The van der Waals surface area contributed by atoms with Crippen LogP contribution in [0, 0.1) is 11.3 Å². The van der Waals surface area contributed by atoms with Gasteiger partial charge in [0.1, 0.15) is 5.41 Å². The Bertz CT molecular complexity index is 1140. The van der Waals surface area contributed by atoms with Crippen molar-refractivity contribution in [1.29, 1.82) is 0 Å². The minimum absolute atomic E-state index is 0.0887. The van der Waals surface area contributed by atoms with Gasteiger partial charge in [-0.3, -0.25) is 14.4 Å². The summed E-state index contributed by atoms with van der Waals surface area (Å²) in [6.07, 6.45) is 5.92. The van der Waals surface area contributed by atoms with Crippen LogP contribution < -0.4 is 0 Å². The first-order valence-electron chi connectivity index (χ1n) is 11.9. The molecule has 1 aliphatic heterocycles. The molecule has 5 heteroatoms. The van der Waals surface area contributed by atoms with Gasteiger partial charge >= 0.3 is 0 Å². The Morgan fingerprint density at radius 3 is 2.09 bits per heavy atom. The van der Waals surface area contributed by atoms with E-state index in [0.29, 0.717) is 23.3 Å². The SMILES string of the molecule is O=C1C=C(c2ccccc2)C2(C(=O)c3ccccc3C2=O)[C@@H]([C@@H]2COC3(CCCCC3)O2)C1. The maximum absolute atomic E-state index is 14.1. The van der Waals surface area contributed by atoms with E-state index in [1.165, 1.54) is 6.08 Å². The van der Waals surface area contributed by atoms with E-state index < -0.39 is 23.2 Å². The molecule has 1 saturated heterocycles. The van der Waals surface area contributed by atoms with Crippen molar-refractivity contribution in [1.82, 2.24) is 0 Å². The standard InChI is InChI=1S/C28H26O5/c29-19-15-22(18-9-3-1-4-10-18)28(25(30)20-11-5-6-12-21(20)26(28)31)23(16-19)24-17-32-27(33-24)13-7-2-8-14-27/h1,3-6,9-12,15,23-24H,2,7-8,13-14,16-17H2/t23-,24+/m1/s1. The number of hydrogen-bond acceptors (Lipinski definition) is 5. The van der Waals surface area contributed by atoms with Crippen molar-refractivity contribution in [3.63, 3.8) is 0 Å². The number of benzene rings is 2. The minimum Gasteiger partial charge on any atom is -0.347 e. The maximum Gasteiger partial charge on any atom is 0.182 e. The lowest BCUT2D eigenvalue weighted by Gasteiger charge is -2.42. The molecule has 2 fully saturated rings. The first kappa shape index (κ1) is 20.7. The number of ketones is 3. The van der Waals surface area contributed by atoms with Gasteiger partial charge in [0, 0.05) is 36.3 Å². The third-order valence-electron chi connectivity index (χ3n) is 7.87. The molecule has 0 amide bonds. The highest BCUT2D eigenvalue weighted by atomic mass is 16.7. The predicted molar refractivity (Wildman–Crippen MR) is 122 cm³/mol. The zero-order valence-electron chi connectivity index (χ0n) is 18.4. The molecule has 33 heavy (non-hydrogen) atoms. The molecule has 2 spiro atoms. The summed E-state index contributed by atoms with van der Waals surface area (Å²) >= 11 is 0. The van der Waals surface area contributed by atoms with E-state index in [-0.39, 0.29) is 23.8 Å². The van der Waals surface area contributed by atoms with E-state index in [0.717, 1.165) is 37.7 Å². The molecule has 0 radical (unpaired) electrons. The minimum atomic E-state index is -1.48. The molecule has 0 N–H and O–H groups in total. The molecule has 2 aromatic rings. The highest BCUT2D eigenvalue weighted by molar-refractivity contribution is 6.36. The zero-order chi connectivity index (χ0) is 22.6. The van der Waals surface area contributed by atoms with Crippen LogP contribution in [0.1, 0.15) is 64.8 Å². The van der Waals surface area contributed by atoms with Gasteiger partial charge in [0.05, 0.1) is 12.7 Å². The maximum atomic E-state index is 14.1. The number of rotatable bonds is 2. The molecule has 4 aliphatic rings. The third-order valence-corrected chi connectivity index (χ3v) is 7.87. The van der Waals surface area contributed by atoms with Crippen LogP contribution in [0.4, 0.5) is 0 Å². The van der Waals surface area contributed by atoms with E-state index in [4.69, 9.17) is 9.47 Å². The van der Waals surface area contributed by atoms with Crippen molar-refractivity contribution in [2.75, 3.05) is 6.61 Å². The van der Waals surface area contributed by atoms with Crippen molar-refractivity contribution in [2.45, 2.75) is 50.4 Å². The summed E-state index contributed by atoms with van der Waals surface area (Å²) in [5.41, 5.74) is 0.581. The van der Waals surface area contributed by atoms with Crippen LogP contribution in [0.25, 0.3) is 5.57 Å². The Morgan fingerprint density at radius 1 is 0.788 bits per heavy atom. The van der Waals surface area contributed by atoms with Crippen LogP contribution >= 0.6 is 0 Å². The van der Waals surface area contributed by atoms with E-state index >= 15 is 0 Å². The van der Waals surface area contributed by atoms with E-state index in [1.807, 2.05) is 30.3 Å². The Labute approximate surface area is 192 Å². The molecule has 0 aromatic heterocycles. The van der Waals surface area contributed by atoms with Crippen LogP contribution in [0.15, 0.2) is 60.7 Å². The lowest BCUT2D eigenvalue weighted by molar-refractivity contribution is -0.193. The van der Waals surface area contributed by atoms with Crippen LogP contribution in [-0.4, -0.2) is 35.8 Å². The molecule has 168 valence electrons. The summed E-state index contributed by atoms with van der Waals surface area (Å²) in [4.78, 5) is 41.3. The average Bonchev–Trinajstić information content (AvgIpc) is 3.35. The molecule has 5 nitrogen and oxygen atoms in total. The van der Waals surface area contributed by atoms with Gasteiger partial charge in [0.2, 0.25) is 0 Å². The third kappa shape index (κ3) is 2.95. The second kappa shape index (κ2) is 7.57. The number of allylic oxidation sites excluding steroid dienone is 2. The molecule has 6 rings (SSSR count). The molecular weight excluding hydrogens is 416 g/mol. The van der Waals surface area contributed by atoms with Gasteiger partial charge in [-0.25, -0.2) is 0 Å². The Morgan fingerprint density at radius 2 is 1.42 bits per heavy atom. The van der Waals surface area contributed by atoms with Gasteiger partial charge in [-0.05, 0) is 30.1 Å². The molecule has 1 saturated carbocycles. The van der Waals surface area contributed by atoms with E-state index in [1.54, 1.807) is 24.3 Å². The highest BCUT2D eigenvalue weighted by Gasteiger charge is 2.65. The fourth-order valence-corrected chi connectivity index (χ4v) is 6.36. The lowest BCUT2D eigenvalue weighted by atomic mass is 9.58. The summed E-state index contributed by atoms with van der Waals surface area (Å²) < 4.78 is 12.7. The molecule has 0 unspecified atom stereocenters. The molecule has 0 bridgehead atoms. The Balaban J connectivity index is 1.51. The molecule has 2 atom stereocenters. The Hall–Kier alpha value is -2.89. The van der Waals surface area contributed by atoms with Gasteiger partial charge in [-0.1, -0.05) is 61.0 Å². The van der Waals surface area contributed by atoms with Crippen molar-refractivity contribution in [3.8, 4) is 0 Å². The lowest BCUT2D eigenvalue weighted by Crippen LogP contribution is -2.51. The quantitative estimate of drug-likeness (QED) is 0.625. The van der Waals surface area contributed by atoms with Crippen molar-refractivity contribution >= 4 is 22.9 Å². The van der Waals surface area contributed by atoms with Crippen molar-refractivity contribution in [2.24, 2.45) is 11.3 Å². The second-order valence-electron chi connectivity index (χ2n) is 9.65. The van der Waals surface area contributed by atoms with Gasteiger partial charge < -0.3 is 9.47 Å². The van der Waals surface area contributed by atoms with Gasteiger partial charge in [-0.15, -0.1) is 0 Å². The van der Waals surface area contributed by atoms with Crippen LogP contribution in [-0.2, 0) is 14.3 Å². The number of carbonyl (C=O) groups excluding carboxylic acids is 3. The summed E-state index contributed by atoms with van der Waals surface area (Å²) in [7, 11) is 0. The van der Waals surface area contributed by atoms with Crippen molar-refractivity contribution in [3.05, 3.63) is 77.4 Å². The fraction of sp³-hybridized carbons (Fsp3) is 0.393. The number of Topliss-reactive ketones (excluding diaryl/α,β-unsaturated/α-hetero) is 2. The summed E-state index contributed by atoms with van der Waals surface area (Å²) in [5, 5.41) is 0. The van der Waals surface area contributed by atoms with Gasteiger partial charge in [-0.2, -0.15) is 0 Å². The predicted octanol–water partition coefficient (Wildman–Crippen LogP) is 4.80. The Kier molecular flexibility index (Phi) is 4.75. The molecule has 3 aliphatic carbocycles. The van der Waals surface area contributed by atoms with Crippen LogP contribution in [0.5, 0.6) is 0 Å². The highest BCUT2D eigenvalue weighted by Crippen LogP contribution is 2.57.